The van der Waals surface area contributed by atoms with Crippen LogP contribution in [0.3, 0.4) is 0 Å². The van der Waals surface area contributed by atoms with E-state index in [0.717, 1.165) is 11.4 Å². The summed E-state index contributed by atoms with van der Waals surface area (Å²) in [4.78, 5) is 0. The zero-order chi connectivity index (χ0) is 45.9. The molecule has 0 atom stereocenters. The number of hydrogen-bond acceptors (Lipinski definition) is 0. The van der Waals surface area contributed by atoms with E-state index in [1.165, 1.54) is 131 Å². The Kier molecular flexibility index (Phi) is 8.39. The van der Waals surface area contributed by atoms with Gasteiger partial charge in [0.05, 0.1) is 22.1 Å². The highest BCUT2D eigenvalue weighted by Gasteiger charge is 2.20. The van der Waals surface area contributed by atoms with Crippen LogP contribution in [0.1, 0.15) is 0 Å². The Morgan fingerprint density at radius 3 is 1.34 bits per heavy atom. The molecule has 0 radical (unpaired) electrons. The number of aromatic nitrogens is 2. The highest BCUT2D eigenvalue weighted by Crippen LogP contribution is 2.46. The summed E-state index contributed by atoms with van der Waals surface area (Å²) in [6, 6.07) is 94.3. The van der Waals surface area contributed by atoms with Crippen molar-refractivity contribution in [1.29, 1.82) is 0 Å². The predicted molar refractivity (Wildman–Crippen MR) is 299 cm³/mol. The van der Waals surface area contributed by atoms with Crippen LogP contribution in [-0.2, 0) is 0 Å². The van der Waals surface area contributed by atoms with Crippen molar-refractivity contribution in [2.24, 2.45) is 0 Å². The Morgan fingerprint density at radius 1 is 0.200 bits per heavy atom. The molecule has 324 valence electrons. The standard InChI is InChI=1S/C68H42N2/c1-2-15-43(16-3-1)44-29-34-49(35-30-44)69-63-27-12-10-24-55(63)60-40-46(32-37-65(60)69)47-33-38-66-61(41-47)56-25-11-13-28-64(56)70(66)50-19-14-18-48(39-50)59-42-62-54-23-7-6-21-52(54)53-22-8-9-26-57(53)68(62)67-51-20-5-4-17-45(51)31-36-58(59)67/h1-42H. The van der Waals surface area contributed by atoms with Crippen LogP contribution in [0.25, 0.3) is 142 Å². The van der Waals surface area contributed by atoms with E-state index in [1.807, 2.05) is 0 Å². The molecule has 0 aliphatic carbocycles. The average molecular weight is 887 g/mol. The van der Waals surface area contributed by atoms with Crippen molar-refractivity contribution >= 4 is 97.5 Å². The van der Waals surface area contributed by atoms with Gasteiger partial charge in [0.2, 0.25) is 0 Å². The summed E-state index contributed by atoms with van der Waals surface area (Å²) in [6.07, 6.45) is 0. The lowest BCUT2D eigenvalue weighted by Crippen LogP contribution is -1.95. The maximum absolute atomic E-state index is 2.47. The minimum absolute atomic E-state index is 1.14. The lowest BCUT2D eigenvalue weighted by Gasteiger charge is -2.18. The van der Waals surface area contributed by atoms with Gasteiger partial charge in [0, 0.05) is 32.9 Å². The first-order chi connectivity index (χ1) is 34.7. The quantitative estimate of drug-likeness (QED) is 0.152. The second kappa shape index (κ2) is 15.1. The summed E-state index contributed by atoms with van der Waals surface area (Å²) < 4.78 is 4.86. The Hall–Kier alpha value is -9.24. The van der Waals surface area contributed by atoms with Gasteiger partial charge in [-0.1, -0.05) is 188 Å². The van der Waals surface area contributed by atoms with Gasteiger partial charge in [0.1, 0.15) is 0 Å². The fourth-order valence-corrected chi connectivity index (χ4v) is 11.9. The smallest absolute Gasteiger partial charge is 0.0541 e. The molecule has 0 unspecified atom stereocenters. The molecule has 0 saturated carbocycles. The van der Waals surface area contributed by atoms with Gasteiger partial charge in [-0.05, 0) is 154 Å². The molecule has 0 N–H and O–H groups in total. The summed E-state index contributed by atoms with van der Waals surface area (Å²) in [5.74, 6) is 0. The topological polar surface area (TPSA) is 9.86 Å². The van der Waals surface area contributed by atoms with Crippen molar-refractivity contribution in [3.63, 3.8) is 0 Å². The van der Waals surface area contributed by atoms with Crippen molar-refractivity contribution in [1.82, 2.24) is 9.13 Å². The van der Waals surface area contributed by atoms with Crippen molar-refractivity contribution in [3.05, 3.63) is 255 Å². The molecule has 15 rings (SSSR count). The van der Waals surface area contributed by atoms with Crippen LogP contribution >= 0.6 is 0 Å². The molecule has 70 heavy (non-hydrogen) atoms. The third-order valence-corrected chi connectivity index (χ3v) is 15.1. The number of nitrogens with zero attached hydrogens (tertiary/aromatic N) is 2. The third-order valence-electron chi connectivity index (χ3n) is 15.1. The van der Waals surface area contributed by atoms with E-state index in [0.29, 0.717) is 0 Å². The molecule has 0 spiro atoms. The summed E-state index contributed by atoms with van der Waals surface area (Å²) in [5.41, 5.74) is 14.3. The average Bonchev–Trinajstić information content (AvgIpc) is 3.95. The van der Waals surface area contributed by atoms with Crippen molar-refractivity contribution in [2.75, 3.05) is 0 Å². The summed E-state index contributed by atoms with van der Waals surface area (Å²) >= 11 is 0. The first-order valence-electron chi connectivity index (χ1n) is 24.2. The number of rotatable bonds is 5. The molecule has 0 amide bonds. The Bertz CT molecular complexity index is 4620. The Labute approximate surface area is 404 Å². The highest BCUT2D eigenvalue weighted by molar-refractivity contribution is 6.36. The van der Waals surface area contributed by atoms with Gasteiger partial charge in [0.25, 0.3) is 0 Å². The number of para-hydroxylation sites is 2. The van der Waals surface area contributed by atoms with Crippen molar-refractivity contribution in [2.45, 2.75) is 0 Å². The van der Waals surface area contributed by atoms with E-state index >= 15 is 0 Å². The molecule has 2 heterocycles. The fourth-order valence-electron chi connectivity index (χ4n) is 11.9. The first kappa shape index (κ1) is 38.8. The Balaban J connectivity index is 0.890. The van der Waals surface area contributed by atoms with Crippen LogP contribution in [-0.4, -0.2) is 9.13 Å². The molecule has 2 nitrogen and oxygen atoms in total. The molecule has 13 aromatic carbocycles. The van der Waals surface area contributed by atoms with E-state index < -0.39 is 0 Å². The summed E-state index contributed by atoms with van der Waals surface area (Å²) in [5, 5.41) is 17.8. The minimum atomic E-state index is 1.14. The zero-order valence-electron chi connectivity index (χ0n) is 38.1. The van der Waals surface area contributed by atoms with Gasteiger partial charge in [0.15, 0.2) is 0 Å². The molecule has 0 fully saturated rings. The number of hydrogen-bond donors (Lipinski definition) is 0. The van der Waals surface area contributed by atoms with Gasteiger partial charge in [-0.25, -0.2) is 0 Å². The van der Waals surface area contributed by atoms with Crippen LogP contribution in [0.5, 0.6) is 0 Å². The van der Waals surface area contributed by atoms with Gasteiger partial charge in [-0.15, -0.1) is 0 Å². The fraction of sp³-hybridized carbons (Fsp3) is 0. The second-order valence-corrected chi connectivity index (χ2v) is 18.8. The van der Waals surface area contributed by atoms with Gasteiger partial charge in [-0.2, -0.15) is 0 Å². The lowest BCUT2D eigenvalue weighted by molar-refractivity contribution is 1.18. The van der Waals surface area contributed by atoms with Gasteiger partial charge >= 0.3 is 0 Å². The second-order valence-electron chi connectivity index (χ2n) is 18.8. The molecule has 2 heteroatoms. The van der Waals surface area contributed by atoms with Crippen molar-refractivity contribution in [3.8, 4) is 44.8 Å². The van der Waals surface area contributed by atoms with Crippen LogP contribution < -0.4 is 0 Å². The molecular weight excluding hydrogens is 845 g/mol. The van der Waals surface area contributed by atoms with Gasteiger partial charge in [-0.3, -0.25) is 0 Å². The summed E-state index contributed by atoms with van der Waals surface area (Å²) in [7, 11) is 0. The molecule has 0 saturated heterocycles. The maximum atomic E-state index is 2.47. The minimum Gasteiger partial charge on any atom is -0.309 e. The van der Waals surface area contributed by atoms with Crippen LogP contribution in [0, 0.1) is 0 Å². The van der Waals surface area contributed by atoms with E-state index in [1.54, 1.807) is 0 Å². The molecule has 2 aromatic heterocycles. The first-order valence-corrected chi connectivity index (χ1v) is 24.2. The lowest BCUT2D eigenvalue weighted by atomic mass is 9.85. The molecule has 15 aromatic rings. The monoisotopic (exact) mass is 886 g/mol. The zero-order valence-corrected chi connectivity index (χ0v) is 38.1. The largest absolute Gasteiger partial charge is 0.309 e. The Morgan fingerprint density at radius 2 is 0.671 bits per heavy atom. The van der Waals surface area contributed by atoms with Gasteiger partial charge < -0.3 is 9.13 Å². The van der Waals surface area contributed by atoms with Crippen LogP contribution in [0.4, 0.5) is 0 Å². The van der Waals surface area contributed by atoms with E-state index in [2.05, 4.69) is 264 Å². The van der Waals surface area contributed by atoms with Crippen LogP contribution in [0.15, 0.2) is 255 Å². The molecule has 0 aliphatic heterocycles. The number of benzene rings is 13. The predicted octanol–water partition coefficient (Wildman–Crippen LogP) is 18.6. The summed E-state index contributed by atoms with van der Waals surface area (Å²) in [6.45, 7) is 0. The molecule has 0 bridgehead atoms. The molecule has 0 aliphatic rings. The number of fused-ring (bicyclic) bond motifs is 16. The van der Waals surface area contributed by atoms with E-state index in [4.69, 9.17) is 0 Å². The van der Waals surface area contributed by atoms with Crippen LogP contribution in [0.2, 0.25) is 0 Å². The third kappa shape index (κ3) is 5.74. The van der Waals surface area contributed by atoms with Crippen molar-refractivity contribution < 1.29 is 0 Å². The van der Waals surface area contributed by atoms with E-state index in [9.17, 15) is 0 Å². The highest BCUT2D eigenvalue weighted by atomic mass is 15.0. The SMILES string of the molecule is c1ccc(-c2ccc(-n3c4ccccc4c4cc(-c5ccc6c(c5)c5ccccc5n6-c5cccc(-c6cc7c8ccccc8c8ccccc8c7c7c6ccc6ccccc67)c5)ccc43)cc2)cc1. The van der Waals surface area contributed by atoms with E-state index in [-0.39, 0.29) is 0 Å². The maximum Gasteiger partial charge on any atom is 0.0541 e. The normalized spacial score (nSPS) is 12.0. The molecular formula is C68H42N2.